The van der Waals surface area contributed by atoms with Gasteiger partial charge in [0.15, 0.2) is 0 Å². The van der Waals surface area contributed by atoms with E-state index < -0.39 is 0 Å². The summed E-state index contributed by atoms with van der Waals surface area (Å²) < 4.78 is 1.22. The third-order valence-electron chi connectivity index (χ3n) is 3.47. The van der Waals surface area contributed by atoms with Crippen molar-refractivity contribution in [2.45, 2.75) is 39.2 Å². The first-order valence-electron chi connectivity index (χ1n) is 7.21. The van der Waals surface area contributed by atoms with Crippen molar-refractivity contribution in [3.63, 3.8) is 0 Å². The summed E-state index contributed by atoms with van der Waals surface area (Å²) in [5, 5.41) is 8.09. The van der Waals surface area contributed by atoms with Gasteiger partial charge in [-0.05, 0) is 72.3 Å². The smallest absolute Gasteiger partial charge is 0.0334 e. The summed E-state index contributed by atoms with van der Waals surface area (Å²) in [4.78, 5) is 0. The number of hydrogen-bond donors (Lipinski definition) is 1. The zero-order valence-corrected chi connectivity index (χ0v) is 14.6. The second-order valence-corrected chi connectivity index (χ2v) is 6.84. The molecule has 1 N–H and O–H groups in total. The van der Waals surface area contributed by atoms with E-state index in [0.29, 0.717) is 6.04 Å². The molecule has 1 aromatic heterocycles. The molecule has 0 fully saturated rings. The Hall–Kier alpha value is -0.640. The predicted octanol–water partition coefficient (Wildman–Crippen LogP) is 5.49. The van der Waals surface area contributed by atoms with Crippen LogP contribution in [0.5, 0.6) is 0 Å². The zero-order valence-electron chi connectivity index (χ0n) is 12.2. The maximum Gasteiger partial charge on any atom is 0.0334 e. The minimum absolute atomic E-state index is 0.421. The highest BCUT2D eigenvalue weighted by atomic mass is 79.9. The number of thiophene rings is 1. The largest absolute Gasteiger partial charge is 0.310 e. The molecule has 0 bridgehead atoms. The maximum absolute atomic E-state index is 3.72. The molecule has 2 rings (SSSR count). The van der Waals surface area contributed by atoms with E-state index >= 15 is 0 Å². The van der Waals surface area contributed by atoms with Crippen LogP contribution in [0.1, 0.15) is 42.5 Å². The summed E-state index contributed by atoms with van der Waals surface area (Å²) in [6, 6.07) is 9.31. The third-order valence-corrected chi connectivity index (χ3v) is 4.89. The van der Waals surface area contributed by atoms with E-state index in [2.05, 4.69) is 70.1 Å². The molecular formula is C17H22BrNS. The molecule has 0 aliphatic rings. The van der Waals surface area contributed by atoms with Crippen molar-refractivity contribution >= 4 is 27.3 Å². The summed E-state index contributed by atoms with van der Waals surface area (Å²) in [7, 11) is 0. The lowest BCUT2D eigenvalue weighted by Gasteiger charge is -2.20. The summed E-state index contributed by atoms with van der Waals surface area (Å²) in [6.45, 7) is 5.41. The van der Waals surface area contributed by atoms with Gasteiger partial charge in [0.25, 0.3) is 0 Å². The van der Waals surface area contributed by atoms with Gasteiger partial charge < -0.3 is 5.32 Å². The molecule has 1 nitrogen and oxygen atoms in total. The monoisotopic (exact) mass is 351 g/mol. The van der Waals surface area contributed by atoms with Crippen LogP contribution in [0.25, 0.3) is 0 Å². The number of rotatable bonds is 7. The van der Waals surface area contributed by atoms with E-state index in [-0.39, 0.29) is 0 Å². The Morgan fingerprint density at radius 3 is 2.80 bits per heavy atom. The Kier molecular flexibility index (Phi) is 6.27. The Morgan fingerprint density at radius 2 is 2.15 bits per heavy atom. The Bertz CT molecular complexity index is 522. The van der Waals surface area contributed by atoms with Gasteiger partial charge >= 0.3 is 0 Å². The molecule has 0 radical (unpaired) electrons. The second-order valence-electron chi connectivity index (χ2n) is 5.20. The molecule has 2 aromatic rings. The molecule has 0 saturated heterocycles. The molecule has 1 aromatic carbocycles. The number of benzene rings is 1. The van der Waals surface area contributed by atoms with Gasteiger partial charge in [-0.1, -0.05) is 35.0 Å². The van der Waals surface area contributed by atoms with Gasteiger partial charge in [-0.25, -0.2) is 0 Å². The SMILES string of the molecule is CCCNC(CCc1ccsc1)c1ccc(C)cc1Br. The lowest BCUT2D eigenvalue weighted by atomic mass is 9.99. The zero-order chi connectivity index (χ0) is 14.4. The highest BCUT2D eigenvalue weighted by Gasteiger charge is 2.14. The predicted molar refractivity (Wildman–Crippen MR) is 92.6 cm³/mol. The van der Waals surface area contributed by atoms with E-state index in [4.69, 9.17) is 0 Å². The normalized spacial score (nSPS) is 12.6. The fraction of sp³-hybridized carbons (Fsp3) is 0.412. The Labute approximate surface area is 134 Å². The molecule has 1 heterocycles. The van der Waals surface area contributed by atoms with Crippen LogP contribution in [-0.4, -0.2) is 6.54 Å². The fourth-order valence-corrected chi connectivity index (χ4v) is 3.82. The van der Waals surface area contributed by atoms with Crippen LogP contribution in [0.15, 0.2) is 39.5 Å². The molecule has 1 atom stereocenters. The lowest BCUT2D eigenvalue weighted by Crippen LogP contribution is -2.23. The number of nitrogens with one attached hydrogen (secondary N) is 1. The Morgan fingerprint density at radius 1 is 1.30 bits per heavy atom. The van der Waals surface area contributed by atoms with Gasteiger partial charge in [0.05, 0.1) is 0 Å². The molecule has 3 heteroatoms. The minimum Gasteiger partial charge on any atom is -0.310 e. The van der Waals surface area contributed by atoms with Crippen LogP contribution in [0.4, 0.5) is 0 Å². The van der Waals surface area contributed by atoms with Crippen molar-refractivity contribution in [1.82, 2.24) is 5.32 Å². The fourth-order valence-electron chi connectivity index (χ4n) is 2.35. The van der Waals surface area contributed by atoms with Crippen molar-refractivity contribution in [3.8, 4) is 0 Å². The van der Waals surface area contributed by atoms with Crippen LogP contribution in [-0.2, 0) is 6.42 Å². The molecule has 0 spiro atoms. The van der Waals surface area contributed by atoms with Crippen molar-refractivity contribution < 1.29 is 0 Å². The standard InChI is InChI=1S/C17H22BrNS/c1-3-9-19-17(7-5-14-8-10-20-12-14)15-6-4-13(2)11-16(15)18/h4,6,8,10-12,17,19H,3,5,7,9H2,1-2H3. The molecule has 108 valence electrons. The first kappa shape index (κ1) is 15.7. The van der Waals surface area contributed by atoms with E-state index in [1.54, 1.807) is 11.3 Å². The quantitative estimate of drug-likeness (QED) is 0.694. The topological polar surface area (TPSA) is 12.0 Å². The molecule has 0 saturated carbocycles. The van der Waals surface area contributed by atoms with Gasteiger partial charge in [0.2, 0.25) is 0 Å². The average molecular weight is 352 g/mol. The summed E-state index contributed by atoms with van der Waals surface area (Å²) in [6.07, 6.45) is 3.43. The van der Waals surface area contributed by atoms with Crippen molar-refractivity contribution in [2.24, 2.45) is 0 Å². The van der Waals surface area contributed by atoms with Gasteiger partial charge in [0, 0.05) is 10.5 Å². The first-order valence-corrected chi connectivity index (χ1v) is 8.94. The highest BCUT2D eigenvalue weighted by Crippen LogP contribution is 2.28. The number of aryl methyl sites for hydroxylation is 2. The Balaban J connectivity index is 2.09. The number of halogens is 1. The van der Waals surface area contributed by atoms with Crippen LogP contribution in [0.2, 0.25) is 0 Å². The van der Waals surface area contributed by atoms with Gasteiger partial charge in [0.1, 0.15) is 0 Å². The van der Waals surface area contributed by atoms with Crippen LogP contribution >= 0.6 is 27.3 Å². The highest BCUT2D eigenvalue weighted by molar-refractivity contribution is 9.10. The van der Waals surface area contributed by atoms with E-state index in [1.165, 1.54) is 27.6 Å². The van der Waals surface area contributed by atoms with Crippen LogP contribution < -0.4 is 5.32 Å². The second kappa shape index (κ2) is 7.96. The summed E-state index contributed by atoms with van der Waals surface area (Å²) in [5.41, 5.74) is 4.12. The van der Waals surface area contributed by atoms with Crippen LogP contribution in [0, 0.1) is 6.92 Å². The number of hydrogen-bond acceptors (Lipinski definition) is 2. The maximum atomic E-state index is 3.72. The molecule has 20 heavy (non-hydrogen) atoms. The lowest BCUT2D eigenvalue weighted by molar-refractivity contribution is 0.498. The van der Waals surface area contributed by atoms with Crippen molar-refractivity contribution in [3.05, 3.63) is 56.2 Å². The van der Waals surface area contributed by atoms with E-state index in [0.717, 1.165) is 19.4 Å². The molecule has 1 unspecified atom stereocenters. The molecular weight excluding hydrogens is 330 g/mol. The summed E-state index contributed by atoms with van der Waals surface area (Å²) >= 11 is 5.50. The van der Waals surface area contributed by atoms with Gasteiger partial charge in [-0.2, -0.15) is 11.3 Å². The molecule has 0 aliphatic carbocycles. The third kappa shape index (κ3) is 4.44. The van der Waals surface area contributed by atoms with Crippen molar-refractivity contribution in [2.75, 3.05) is 6.54 Å². The van der Waals surface area contributed by atoms with Gasteiger partial charge in [-0.15, -0.1) is 0 Å². The molecule has 0 aliphatic heterocycles. The van der Waals surface area contributed by atoms with E-state index in [9.17, 15) is 0 Å². The average Bonchev–Trinajstić information content (AvgIpc) is 2.93. The summed E-state index contributed by atoms with van der Waals surface area (Å²) in [5.74, 6) is 0. The van der Waals surface area contributed by atoms with Crippen LogP contribution in [0.3, 0.4) is 0 Å². The van der Waals surface area contributed by atoms with E-state index in [1.807, 2.05) is 0 Å². The molecule has 0 amide bonds. The van der Waals surface area contributed by atoms with Crippen molar-refractivity contribution in [1.29, 1.82) is 0 Å². The van der Waals surface area contributed by atoms with Gasteiger partial charge in [-0.3, -0.25) is 0 Å². The minimum atomic E-state index is 0.421. The first-order chi connectivity index (χ1) is 9.70.